The first-order valence-electron chi connectivity index (χ1n) is 11.9. The molecule has 36 heavy (non-hydrogen) atoms. The molecule has 0 unspecified atom stereocenters. The summed E-state index contributed by atoms with van der Waals surface area (Å²) in [6, 6.07) is 22.6. The Hall–Kier alpha value is -4.46. The van der Waals surface area contributed by atoms with E-state index in [4.69, 9.17) is 9.47 Å². The fraction of sp³-hybridized carbons (Fsp3) is 0.214. The van der Waals surface area contributed by atoms with Gasteiger partial charge >= 0.3 is 0 Å². The van der Waals surface area contributed by atoms with Crippen molar-refractivity contribution in [1.29, 1.82) is 0 Å². The third-order valence-electron chi connectivity index (χ3n) is 5.76. The topological polar surface area (TPSA) is 102 Å². The maximum absolute atomic E-state index is 12.4. The van der Waals surface area contributed by atoms with Crippen LogP contribution < -0.4 is 20.1 Å². The van der Waals surface area contributed by atoms with Gasteiger partial charge in [-0.3, -0.25) is 9.59 Å². The molecular formula is C28H26N4O4. The number of nitrogens with one attached hydrogen (secondary N) is 2. The highest BCUT2D eigenvalue weighted by Gasteiger charge is 2.09. The van der Waals surface area contributed by atoms with Crippen molar-refractivity contribution in [2.24, 2.45) is 0 Å². The Morgan fingerprint density at radius 1 is 0.583 bits per heavy atom. The van der Waals surface area contributed by atoms with Crippen LogP contribution in [-0.4, -0.2) is 35.0 Å². The zero-order valence-corrected chi connectivity index (χ0v) is 19.7. The molecule has 2 aromatic carbocycles. The van der Waals surface area contributed by atoms with Gasteiger partial charge in [0.15, 0.2) is 0 Å². The first-order valence-corrected chi connectivity index (χ1v) is 11.9. The summed E-state index contributed by atoms with van der Waals surface area (Å²) >= 11 is 0. The molecule has 0 saturated carbocycles. The quantitative estimate of drug-likeness (QED) is 0.381. The van der Waals surface area contributed by atoms with Crippen molar-refractivity contribution in [3.8, 4) is 11.5 Å². The van der Waals surface area contributed by atoms with Crippen molar-refractivity contribution in [1.82, 2.24) is 9.97 Å². The molecule has 0 radical (unpaired) electrons. The minimum atomic E-state index is -0.167. The number of carbonyl (C=O) groups excluding carboxylic acids is 2. The number of hydrogen-bond acceptors (Lipinski definition) is 6. The Kier molecular flexibility index (Phi) is 7.02. The van der Waals surface area contributed by atoms with Gasteiger partial charge in [0.1, 0.15) is 23.1 Å². The minimum absolute atomic E-state index is 0.167. The van der Waals surface area contributed by atoms with Crippen molar-refractivity contribution in [3.63, 3.8) is 0 Å². The Bertz CT molecular complexity index is 1300. The van der Waals surface area contributed by atoms with Gasteiger partial charge in [0.25, 0.3) is 0 Å². The van der Waals surface area contributed by atoms with E-state index in [1.54, 1.807) is 12.1 Å². The summed E-state index contributed by atoms with van der Waals surface area (Å²) < 4.78 is 11.6. The number of aryl methyl sites for hydroxylation is 2. The molecule has 0 saturated heterocycles. The number of rotatable bonds is 0. The van der Waals surface area contributed by atoms with Crippen molar-refractivity contribution in [3.05, 3.63) is 84.2 Å². The first-order chi connectivity index (χ1) is 17.6. The van der Waals surface area contributed by atoms with Gasteiger partial charge in [0, 0.05) is 11.4 Å². The molecule has 3 heterocycles. The van der Waals surface area contributed by atoms with Gasteiger partial charge in [-0.1, -0.05) is 24.3 Å². The van der Waals surface area contributed by atoms with Crippen molar-refractivity contribution >= 4 is 34.2 Å². The van der Waals surface area contributed by atoms with Crippen LogP contribution in [-0.2, 0) is 22.4 Å². The highest BCUT2D eigenvalue weighted by atomic mass is 16.5. The van der Waals surface area contributed by atoms with E-state index in [0.717, 1.165) is 22.2 Å². The molecule has 0 spiro atoms. The van der Waals surface area contributed by atoms with Gasteiger partial charge in [-0.2, -0.15) is 0 Å². The highest BCUT2D eigenvalue weighted by molar-refractivity contribution is 5.90. The summed E-state index contributed by atoms with van der Waals surface area (Å²) in [5.74, 6) is 2.00. The standard InChI is InChI=1S/C28H26N4O4/c33-27-13-15-35-23-11-7-19-8-12-24(18-20(19)17-23)36-16-14-28(34)32-26-6-2-4-22(30-26)10-9-21-3-1-5-25(29-21)31-27/h1-8,11-12,17-18H,9-10,13-16H2,(H,29,31,33)(H,30,32,34). The zero-order valence-electron chi connectivity index (χ0n) is 19.7. The molecule has 2 N–H and O–H groups in total. The minimum Gasteiger partial charge on any atom is -0.493 e. The lowest BCUT2D eigenvalue weighted by atomic mass is 10.1. The summed E-state index contributed by atoms with van der Waals surface area (Å²) in [5, 5.41) is 7.66. The molecule has 8 nitrogen and oxygen atoms in total. The van der Waals surface area contributed by atoms with E-state index in [-0.39, 0.29) is 37.9 Å². The molecule has 7 bridgehead atoms. The summed E-state index contributed by atoms with van der Waals surface area (Å²) in [7, 11) is 0. The molecule has 0 fully saturated rings. The van der Waals surface area contributed by atoms with Crippen LogP contribution in [0.3, 0.4) is 0 Å². The normalized spacial score (nSPS) is 15.0. The first kappa shape index (κ1) is 23.3. The number of ether oxygens (including phenoxy) is 2. The summed E-state index contributed by atoms with van der Waals surface area (Å²) in [4.78, 5) is 34.0. The van der Waals surface area contributed by atoms with E-state index in [2.05, 4.69) is 20.6 Å². The van der Waals surface area contributed by atoms with Crippen molar-refractivity contribution in [2.45, 2.75) is 25.7 Å². The van der Waals surface area contributed by atoms with E-state index in [0.29, 0.717) is 36.0 Å². The second kappa shape index (κ2) is 10.9. The number of fused-ring (bicyclic) bond motifs is 6. The molecule has 2 amide bonds. The zero-order chi connectivity index (χ0) is 24.7. The monoisotopic (exact) mass is 482 g/mol. The Morgan fingerprint density at radius 3 is 1.58 bits per heavy atom. The second-order valence-corrected chi connectivity index (χ2v) is 8.49. The summed E-state index contributed by atoms with van der Waals surface area (Å²) in [6.07, 6.45) is 1.69. The highest BCUT2D eigenvalue weighted by Crippen LogP contribution is 2.25. The number of amides is 2. The van der Waals surface area contributed by atoms with Gasteiger partial charge in [-0.25, -0.2) is 9.97 Å². The molecule has 8 heteroatoms. The third kappa shape index (κ3) is 6.15. The maximum atomic E-state index is 12.4. The molecule has 1 aliphatic heterocycles. The molecule has 4 aromatic rings. The fourth-order valence-corrected chi connectivity index (χ4v) is 3.95. The van der Waals surface area contributed by atoms with Crippen LogP contribution in [0, 0.1) is 0 Å². The van der Waals surface area contributed by atoms with Crippen LogP contribution in [0.4, 0.5) is 11.6 Å². The average Bonchev–Trinajstić information content (AvgIpc) is 2.87. The largest absolute Gasteiger partial charge is 0.493 e. The van der Waals surface area contributed by atoms with Gasteiger partial charge in [-0.15, -0.1) is 0 Å². The molecule has 0 aliphatic carbocycles. The van der Waals surface area contributed by atoms with Gasteiger partial charge in [0.2, 0.25) is 11.8 Å². The number of anilines is 2. The summed E-state index contributed by atoms with van der Waals surface area (Å²) in [6.45, 7) is 0.481. The van der Waals surface area contributed by atoms with E-state index in [9.17, 15) is 9.59 Å². The molecule has 0 atom stereocenters. The van der Waals surface area contributed by atoms with E-state index in [1.807, 2.05) is 60.7 Å². The van der Waals surface area contributed by atoms with Crippen LogP contribution in [0.2, 0.25) is 0 Å². The number of pyridine rings is 2. The predicted molar refractivity (Wildman–Crippen MR) is 137 cm³/mol. The van der Waals surface area contributed by atoms with Crippen LogP contribution in [0.1, 0.15) is 24.2 Å². The van der Waals surface area contributed by atoms with Crippen LogP contribution in [0.5, 0.6) is 11.5 Å². The lowest BCUT2D eigenvalue weighted by Gasteiger charge is -2.10. The van der Waals surface area contributed by atoms with Crippen molar-refractivity contribution < 1.29 is 19.1 Å². The van der Waals surface area contributed by atoms with Gasteiger partial charge < -0.3 is 20.1 Å². The number of carbonyl (C=O) groups is 2. The summed E-state index contributed by atoms with van der Waals surface area (Å²) in [5.41, 5.74) is 1.68. The Labute approximate surface area is 208 Å². The van der Waals surface area contributed by atoms with Crippen LogP contribution in [0.15, 0.2) is 72.8 Å². The molecule has 1 aliphatic rings. The fourth-order valence-electron chi connectivity index (χ4n) is 3.95. The van der Waals surface area contributed by atoms with Crippen LogP contribution >= 0.6 is 0 Å². The number of nitrogens with zero attached hydrogens (tertiary/aromatic N) is 2. The predicted octanol–water partition coefficient (Wildman–Crippen LogP) is 4.54. The number of benzene rings is 2. The van der Waals surface area contributed by atoms with Crippen LogP contribution in [0.25, 0.3) is 10.8 Å². The Morgan fingerprint density at radius 2 is 1.08 bits per heavy atom. The molecule has 5 rings (SSSR count). The number of hydrogen-bond donors (Lipinski definition) is 2. The van der Waals surface area contributed by atoms with E-state index in [1.165, 1.54) is 0 Å². The van der Waals surface area contributed by atoms with Crippen molar-refractivity contribution in [2.75, 3.05) is 23.8 Å². The smallest absolute Gasteiger partial charge is 0.228 e. The van der Waals surface area contributed by atoms with E-state index >= 15 is 0 Å². The Balaban J connectivity index is 1.36. The maximum Gasteiger partial charge on any atom is 0.228 e. The second-order valence-electron chi connectivity index (χ2n) is 8.49. The van der Waals surface area contributed by atoms with Gasteiger partial charge in [-0.05, 0) is 72.1 Å². The number of aromatic nitrogens is 2. The van der Waals surface area contributed by atoms with Gasteiger partial charge in [0.05, 0.1) is 26.1 Å². The third-order valence-corrected chi connectivity index (χ3v) is 5.76. The lowest BCUT2D eigenvalue weighted by molar-refractivity contribution is -0.117. The lowest BCUT2D eigenvalue weighted by Crippen LogP contribution is -2.16. The average molecular weight is 483 g/mol. The molecule has 182 valence electrons. The molecule has 2 aromatic heterocycles. The van der Waals surface area contributed by atoms with E-state index < -0.39 is 0 Å². The molecular weight excluding hydrogens is 456 g/mol. The SMILES string of the molecule is O=C1CCOc2ccc3ccc(cc3c2)OCCC(=O)Nc2cccc(n2)CCc2cccc(n2)N1.